The van der Waals surface area contributed by atoms with Crippen molar-refractivity contribution in [3.63, 3.8) is 0 Å². The second-order valence-corrected chi connectivity index (χ2v) is 5.86. The van der Waals surface area contributed by atoms with Crippen molar-refractivity contribution in [2.24, 2.45) is 4.99 Å². The molecule has 0 fully saturated rings. The van der Waals surface area contributed by atoms with Gasteiger partial charge in [0, 0.05) is 50.9 Å². The highest BCUT2D eigenvalue weighted by Gasteiger charge is 2.12. The average molecular weight is 372 g/mol. The largest absolute Gasteiger partial charge is 0.497 e. The molecule has 0 amide bonds. The van der Waals surface area contributed by atoms with Gasteiger partial charge < -0.3 is 19.7 Å². The number of guanidine groups is 1. The molecule has 0 atom stereocenters. The predicted octanol–water partition coefficient (Wildman–Crippen LogP) is 2.82. The van der Waals surface area contributed by atoms with Crippen LogP contribution in [0.1, 0.15) is 11.1 Å². The smallest absolute Gasteiger partial charge is 0.269 e. The Morgan fingerprint density at radius 3 is 2.63 bits per heavy atom. The SMILES string of the molecule is CN=C(NCc1cccc([N+](=O)[O-])c1)N(C)Cc1ccc(OC)cc1OC. The Balaban J connectivity index is 2.05. The fraction of sp³-hybridized carbons (Fsp3) is 0.316. The number of nitro benzene ring substituents is 1. The monoisotopic (exact) mass is 372 g/mol. The lowest BCUT2D eigenvalue weighted by Gasteiger charge is -2.23. The van der Waals surface area contributed by atoms with Crippen LogP contribution in [0.25, 0.3) is 0 Å². The first kappa shape index (κ1) is 20.0. The Hall–Kier alpha value is -3.29. The summed E-state index contributed by atoms with van der Waals surface area (Å²) in [4.78, 5) is 16.7. The minimum absolute atomic E-state index is 0.0700. The molecule has 0 unspecified atom stereocenters. The first-order chi connectivity index (χ1) is 13.0. The van der Waals surface area contributed by atoms with Crippen molar-refractivity contribution in [2.75, 3.05) is 28.3 Å². The molecule has 0 aliphatic rings. The average Bonchev–Trinajstić information content (AvgIpc) is 2.68. The maximum Gasteiger partial charge on any atom is 0.269 e. The van der Waals surface area contributed by atoms with Crippen LogP contribution < -0.4 is 14.8 Å². The summed E-state index contributed by atoms with van der Waals surface area (Å²) in [7, 11) is 6.83. The maximum atomic E-state index is 10.9. The number of nitrogens with one attached hydrogen (secondary N) is 1. The molecule has 0 saturated carbocycles. The van der Waals surface area contributed by atoms with E-state index in [1.165, 1.54) is 6.07 Å². The Kier molecular flexibility index (Phi) is 6.99. The number of rotatable bonds is 7. The first-order valence-electron chi connectivity index (χ1n) is 8.34. The number of nitro groups is 1. The van der Waals surface area contributed by atoms with Crippen molar-refractivity contribution in [3.8, 4) is 11.5 Å². The number of non-ortho nitro benzene ring substituents is 1. The predicted molar refractivity (Wildman–Crippen MR) is 104 cm³/mol. The molecule has 8 heteroatoms. The highest BCUT2D eigenvalue weighted by atomic mass is 16.6. The number of hydrogen-bond acceptors (Lipinski definition) is 5. The van der Waals surface area contributed by atoms with E-state index in [4.69, 9.17) is 9.47 Å². The molecule has 2 rings (SSSR count). The summed E-state index contributed by atoms with van der Waals surface area (Å²) < 4.78 is 10.7. The molecule has 2 aromatic carbocycles. The molecule has 1 N–H and O–H groups in total. The normalized spacial score (nSPS) is 11.0. The van der Waals surface area contributed by atoms with Crippen LogP contribution in [0.4, 0.5) is 5.69 Å². The lowest BCUT2D eigenvalue weighted by molar-refractivity contribution is -0.384. The lowest BCUT2D eigenvalue weighted by atomic mass is 10.2. The van der Waals surface area contributed by atoms with Gasteiger partial charge in [0.2, 0.25) is 0 Å². The van der Waals surface area contributed by atoms with Crippen molar-refractivity contribution >= 4 is 11.6 Å². The molecule has 0 aromatic heterocycles. The van der Waals surface area contributed by atoms with Crippen LogP contribution >= 0.6 is 0 Å². The van der Waals surface area contributed by atoms with Gasteiger partial charge in [-0.05, 0) is 17.7 Å². The summed E-state index contributed by atoms with van der Waals surface area (Å²) in [6.07, 6.45) is 0. The molecule has 0 bridgehead atoms. The summed E-state index contributed by atoms with van der Waals surface area (Å²) in [6, 6.07) is 12.2. The second kappa shape index (κ2) is 9.42. The van der Waals surface area contributed by atoms with Crippen LogP contribution in [0.2, 0.25) is 0 Å². The minimum Gasteiger partial charge on any atom is -0.497 e. The number of hydrogen-bond donors (Lipinski definition) is 1. The topological polar surface area (TPSA) is 89.2 Å². The third-order valence-electron chi connectivity index (χ3n) is 4.05. The van der Waals surface area contributed by atoms with E-state index in [2.05, 4.69) is 10.3 Å². The molecule has 8 nitrogen and oxygen atoms in total. The zero-order valence-electron chi connectivity index (χ0n) is 15.9. The number of benzene rings is 2. The van der Waals surface area contributed by atoms with Crippen LogP contribution in [0, 0.1) is 10.1 Å². The Bertz CT molecular complexity index is 823. The summed E-state index contributed by atoms with van der Waals surface area (Å²) in [5, 5.41) is 14.1. The minimum atomic E-state index is -0.402. The molecular weight excluding hydrogens is 348 g/mol. The molecule has 0 saturated heterocycles. The zero-order chi connectivity index (χ0) is 19.8. The maximum absolute atomic E-state index is 10.9. The summed E-state index contributed by atoms with van der Waals surface area (Å²) >= 11 is 0. The van der Waals surface area contributed by atoms with Crippen LogP contribution in [-0.4, -0.2) is 44.1 Å². The first-order valence-corrected chi connectivity index (χ1v) is 8.34. The standard InChI is InChI=1S/C19H24N4O4/c1-20-19(21-12-14-6-5-7-16(10-14)23(24)25)22(2)13-15-8-9-17(26-3)11-18(15)27-4/h5-11H,12-13H2,1-4H3,(H,20,21). The summed E-state index contributed by atoms with van der Waals surface area (Å²) in [5.41, 5.74) is 1.86. The fourth-order valence-corrected chi connectivity index (χ4v) is 2.66. The van der Waals surface area contributed by atoms with Crippen LogP contribution in [0.15, 0.2) is 47.5 Å². The van der Waals surface area contributed by atoms with Gasteiger partial charge in [-0.15, -0.1) is 0 Å². The number of aliphatic imine (C=N–C) groups is 1. The molecule has 0 radical (unpaired) electrons. The Morgan fingerprint density at radius 1 is 1.22 bits per heavy atom. The van der Waals surface area contributed by atoms with Gasteiger partial charge in [0.05, 0.1) is 19.1 Å². The molecule has 144 valence electrons. The molecule has 27 heavy (non-hydrogen) atoms. The summed E-state index contributed by atoms with van der Waals surface area (Å²) in [6.45, 7) is 1.00. The zero-order valence-corrected chi connectivity index (χ0v) is 15.9. The van der Waals surface area contributed by atoms with Gasteiger partial charge in [-0.3, -0.25) is 15.1 Å². The number of ether oxygens (including phenoxy) is 2. The van der Waals surface area contributed by atoms with Crippen molar-refractivity contribution in [3.05, 3.63) is 63.7 Å². The lowest BCUT2D eigenvalue weighted by Crippen LogP contribution is -2.38. The van der Waals surface area contributed by atoms with E-state index in [1.807, 2.05) is 36.2 Å². The van der Waals surface area contributed by atoms with Crippen LogP contribution in [-0.2, 0) is 13.1 Å². The Morgan fingerprint density at radius 2 is 2.00 bits per heavy atom. The number of methoxy groups -OCH3 is 2. The fourth-order valence-electron chi connectivity index (χ4n) is 2.66. The van der Waals surface area contributed by atoms with Gasteiger partial charge in [-0.25, -0.2) is 0 Å². The third-order valence-corrected chi connectivity index (χ3v) is 4.05. The van der Waals surface area contributed by atoms with Gasteiger partial charge in [-0.1, -0.05) is 12.1 Å². The van der Waals surface area contributed by atoms with Crippen LogP contribution in [0.3, 0.4) is 0 Å². The highest BCUT2D eigenvalue weighted by molar-refractivity contribution is 5.79. The molecule has 0 aliphatic heterocycles. The van der Waals surface area contributed by atoms with Gasteiger partial charge in [0.25, 0.3) is 5.69 Å². The van der Waals surface area contributed by atoms with E-state index >= 15 is 0 Å². The van der Waals surface area contributed by atoms with E-state index in [0.29, 0.717) is 19.0 Å². The molecule has 0 aliphatic carbocycles. The number of nitrogens with zero attached hydrogens (tertiary/aromatic N) is 3. The van der Waals surface area contributed by atoms with Crippen molar-refractivity contribution in [2.45, 2.75) is 13.1 Å². The van der Waals surface area contributed by atoms with Crippen LogP contribution in [0.5, 0.6) is 11.5 Å². The second-order valence-electron chi connectivity index (χ2n) is 5.86. The van der Waals surface area contributed by atoms with Gasteiger partial charge >= 0.3 is 0 Å². The van der Waals surface area contributed by atoms with E-state index < -0.39 is 4.92 Å². The van der Waals surface area contributed by atoms with Gasteiger partial charge in [0.1, 0.15) is 11.5 Å². The Labute approximate surface area is 158 Å². The molecule has 2 aromatic rings. The molecule has 0 heterocycles. The van der Waals surface area contributed by atoms with E-state index in [9.17, 15) is 10.1 Å². The summed E-state index contributed by atoms with van der Waals surface area (Å²) in [5.74, 6) is 2.13. The van der Waals surface area contributed by atoms with Crippen molar-refractivity contribution in [1.82, 2.24) is 10.2 Å². The van der Waals surface area contributed by atoms with Crippen molar-refractivity contribution < 1.29 is 14.4 Å². The third kappa shape index (κ3) is 5.34. The van der Waals surface area contributed by atoms with E-state index in [-0.39, 0.29) is 5.69 Å². The highest BCUT2D eigenvalue weighted by Crippen LogP contribution is 2.25. The quantitative estimate of drug-likeness (QED) is 0.348. The van der Waals surface area contributed by atoms with E-state index in [0.717, 1.165) is 22.6 Å². The van der Waals surface area contributed by atoms with Gasteiger partial charge in [-0.2, -0.15) is 0 Å². The van der Waals surface area contributed by atoms with E-state index in [1.54, 1.807) is 33.4 Å². The van der Waals surface area contributed by atoms with Gasteiger partial charge in [0.15, 0.2) is 5.96 Å². The molecular formula is C19H24N4O4. The van der Waals surface area contributed by atoms with Crippen molar-refractivity contribution in [1.29, 1.82) is 0 Å². The molecule has 0 spiro atoms.